The highest BCUT2D eigenvalue weighted by Crippen LogP contribution is 2.35. The molecule has 0 aliphatic heterocycles. The van der Waals surface area contributed by atoms with Gasteiger partial charge in [-0.15, -0.1) is 11.3 Å². The topological polar surface area (TPSA) is 32.9 Å². The van der Waals surface area contributed by atoms with E-state index in [0.717, 1.165) is 50.9 Å². The smallest absolute Gasteiger partial charge is 0.152 e. The van der Waals surface area contributed by atoms with Gasteiger partial charge in [-0.3, -0.25) is 4.79 Å². The summed E-state index contributed by atoms with van der Waals surface area (Å²) in [5, 5.41) is 0.979. The lowest BCUT2D eigenvalue weighted by molar-refractivity contribution is 0.112. The van der Waals surface area contributed by atoms with Gasteiger partial charge in [0.25, 0.3) is 0 Å². The molecule has 0 saturated carbocycles. The van der Waals surface area contributed by atoms with Gasteiger partial charge in [-0.2, -0.15) is 0 Å². The van der Waals surface area contributed by atoms with Crippen molar-refractivity contribution in [2.75, 3.05) is 0 Å². The number of H-pyrrole nitrogens is 1. The highest BCUT2D eigenvalue weighted by atomic mass is 32.1. The molecule has 0 atom stereocenters. The van der Waals surface area contributed by atoms with Crippen LogP contribution in [0.1, 0.15) is 22.2 Å². The number of carbonyl (C=O) groups is 1. The maximum atomic E-state index is 11.8. The maximum absolute atomic E-state index is 11.8. The van der Waals surface area contributed by atoms with Crippen molar-refractivity contribution in [1.29, 1.82) is 0 Å². The molecule has 3 heteroatoms. The average molecular weight is 331 g/mol. The molecule has 0 unspecified atom stereocenters. The van der Waals surface area contributed by atoms with E-state index in [1.165, 1.54) is 4.88 Å². The van der Waals surface area contributed by atoms with Crippen molar-refractivity contribution >= 4 is 28.5 Å². The molecule has 1 N–H and O–H groups in total. The minimum Gasteiger partial charge on any atom is -0.353 e. The number of fused-ring (bicyclic) bond motifs is 1. The Kier molecular flexibility index (Phi) is 3.79. The standard InChI is InChI=1S/C21H17NOS/c1-2-16-9-11-20(24-16)21-18(13-23)17-12-15(8-10-19(17)22-21)14-6-4-3-5-7-14/h3-13,22H,2H2,1H3. The second kappa shape index (κ2) is 6.10. The van der Waals surface area contributed by atoms with E-state index in [-0.39, 0.29) is 0 Å². The van der Waals surface area contributed by atoms with Crippen LogP contribution in [0.2, 0.25) is 0 Å². The zero-order valence-electron chi connectivity index (χ0n) is 13.4. The molecule has 0 radical (unpaired) electrons. The lowest BCUT2D eigenvalue weighted by Crippen LogP contribution is -1.82. The maximum Gasteiger partial charge on any atom is 0.152 e. The summed E-state index contributed by atoms with van der Waals surface area (Å²) in [5.74, 6) is 0. The number of hydrogen-bond acceptors (Lipinski definition) is 2. The summed E-state index contributed by atoms with van der Waals surface area (Å²) in [6, 6.07) is 20.7. The van der Waals surface area contributed by atoms with E-state index in [4.69, 9.17) is 0 Å². The molecule has 118 valence electrons. The van der Waals surface area contributed by atoms with E-state index in [2.05, 4.69) is 54.4 Å². The average Bonchev–Trinajstić information content (AvgIpc) is 3.25. The van der Waals surface area contributed by atoms with Gasteiger partial charge in [-0.1, -0.05) is 43.3 Å². The van der Waals surface area contributed by atoms with Crippen LogP contribution < -0.4 is 0 Å². The Morgan fingerprint density at radius 3 is 2.54 bits per heavy atom. The van der Waals surface area contributed by atoms with Crippen LogP contribution in [0.4, 0.5) is 0 Å². The molecule has 0 saturated heterocycles. The molecule has 0 spiro atoms. The quantitative estimate of drug-likeness (QED) is 0.461. The van der Waals surface area contributed by atoms with E-state index in [1.54, 1.807) is 11.3 Å². The largest absolute Gasteiger partial charge is 0.353 e. The van der Waals surface area contributed by atoms with Gasteiger partial charge in [0.05, 0.1) is 10.6 Å². The van der Waals surface area contributed by atoms with Crippen LogP contribution in [0.3, 0.4) is 0 Å². The van der Waals surface area contributed by atoms with Gasteiger partial charge in [0, 0.05) is 21.3 Å². The molecule has 24 heavy (non-hydrogen) atoms. The van der Waals surface area contributed by atoms with Crippen LogP contribution >= 0.6 is 11.3 Å². The Bertz CT molecular complexity index is 1010. The van der Waals surface area contributed by atoms with Crippen molar-refractivity contribution in [3.05, 3.63) is 71.1 Å². The molecule has 4 aromatic rings. The van der Waals surface area contributed by atoms with Gasteiger partial charge in [0.15, 0.2) is 6.29 Å². The zero-order chi connectivity index (χ0) is 16.5. The number of carbonyl (C=O) groups excluding carboxylic acids is 1. The first-order chi connectivity index (χ1) is 11.8. The van der Waals surface area contributed by atoms with Crippen molar-refractivity contribution in [1.82, 2.24) is 4.98 Å². The highest BCUT2D eigenvalue weighted by molar-refractivity contribution is 7.15. The molecule has 0 fully saturated rings. The molecule has 0 bridgehead atoms. The summed E-state index contributed by atoms with van der Waals surface area (Å²) in [6.07, 6.45) is 1.98. The number of benzene rings is 2. The monoisotopic (exact) mass is 331 g/mol. The van der Waals surface area contributed by atoms with Crippen molar-refractivity contribution in [3.63, 3.8) is 0 Å². The minimum atomic E-state index is 0.743. The second-order valence-corrected chi connectivity index (χ2v) is 6.95. The molecule has 2 aromatic heterocycles. The molecule has 4 rings (SSSR count). The van der Waals surface area contributed by atoms with Gasteiger partial charge < -0.3 is 4.98 Å². The third-order valence-corrected chi connectivity index (χ3v) is 5.57. The van der Waals surface area contributed by atoms with E-state index in [9.17, 15) is 4.79 Å². The Hall–Kier alpha value is -2.65. The molecule has 2 heterocycles. The molecule has 0 aliphatic rings. The van der Waals surface area contributed by atoms with E-state index in [0.29, 0.717) is 0 Å². The first kappa shape index (κ1) is 14.9. The van der Waals surface area contributed by atoms with E-state index >= 15 is 0 Å². The van der Waals surface area contributed by atoms with Crippen molar-refractivity contribution < 1.29 is 4.79 Å². The van der Waals surface area contributed by atoms with Gasteiger partial charge in [0.2, 0.25) is 0 Å². The van der Waals surface area contributed by atoms with Crippen LogP contribution in [0.15, 0.2) is 60.7 Å². The molecule has 0 amide bonds. The molecule has 2 nitrogen and oxygen atoms in total. The summed E-state index contributed by atoms with van der Waals surface area (Å²) < 4.78 is 0. The second-order valence-electron chi connectivity index (χ2n) is 5.78. The number of thiophene rings is 1. The van der Waals surface area contributed by atoms with Crippen LogP contribution in [0, 0.1) is 0 Å². The van der Waals surface area contributed by atoms with Gasteiger partial charge in [0.1, 0.15) is 0 Å². The molecular formula is C21H17NOS. The number of hydrogen-bond donors (Lipinski definition) is 1. The normalized spacial score (nSPS) is 11.0. The van der Waals surface area contributed by atoms with Crippen molar-refractivity contribution in [2.24, 2.45) is 0 Å². The van der Waals surface area contributed by atoms with Crippen molar-refractivity contribution in [2.45, 2.75) is 13.3 Å². The predicted molar refractivity (Wildman–Crippen MR) is 102 cm³/mol. The number of aldehydes is 1. The summed E-state index contributed by atoms with van der Waals surface area (Å²) >= 11 is 1.74. The van der Waals surface area contributed by atoms with Gasteiger partial charge in [-0.05, 0) is 41.8 Å². The Balaban J connectivity index is 1.89. The number of aryl methyl sites for hydroxylation is 1. The van der Waals surface area contributed by atoms with Crippen LogP contribution in [0.5, 0.6) is 0 Å². The first-order valence-corrected chi connectivity index (χ1v) is 8.87. The summed E-state index contributed by atoms with van der Waals surface area (Å²) in [7, 11) is 0. The lowest BCUT2D eigenvalue weighted by Gasteiger charge is -2.01. The number of nitrogens with one attached hydrogen (secondary N) is 1. The van der Waals surface area contributed by atoms with Crippen LogP contribution in [0.25, 0.3) is 32.6 Å². The first-order valence-electron chi connectivity index (χ1n) is 8.05. The van der Waals surface area contributed by atoms with E-state index < -0.39 is 0 Å². The fraction of sp³-hybridized carbons (Fsp3) is 0.0952. The zero-order valence-corrected chi connectivity index (χ0v) is 14.2. The summed E-state index contributed by atoms with van der Waals surface area (Å²) in [4.78, 5) is 17.7. The summed E-state index contributed by atoms with van der Waals surface area (Å²) in [6.45, 7) is 2.15. The third-order valence-electron chi connectivity index (χ3n) is 4.32. The van der Waals surface area contributed by atoms with Crippen molar-refractivity contribution in [3.8, 4) is 21.7 Å². The van der Waals surface area contributed by atoms with Crippen LogP contribution in [-0.2, 0) is 6.42 Å². The fourth-order valence-electron chi connectivity index (χ4n) is 3.04. The number of aromatic amines is 1. The number of rotatable bonds is 4. The van der Waals surface area contributed by atoms with Gasteiger partial charge in [-0.25, -0.2) is 0 Å². The SMILES string of the molecule is CCc1ccc(-c2[nH]c3ccc(-c4ccccc4)cc3c2C=O)s1. The summed E-state index contributed by atoms with van der Waals surface area (Å²) in [5.41, 5.74) is 4.95. The molecular weight excluding hydrogens is 314 g/mol. The number of aromatic nitrogens is 1. The van der Waals surface area contributed by atoms with E-state index in [1.807, 2.05) is 18.2 Å². The predicted octanol–water partition coefficient (Wildman–Crippen LogP) is 5.94. The minimum absolute atomic E-state index is 0.743. The Labute approximate surface area is 144 Å². The Morgan fingerprint density at radius 1 is 1.00 bits per heavy atom. The highest BCUT2D eigenvalue weighted by Gasteiger charge is 2.15. The fourth-order valence-corrected chi connectivity index (χ4v) is 4.00. The Morgan fingerprint density at radius 2 is 1.83 bits per heavy atom. The molecule has 0 aliphatic carbocycles. The third kappa shape index (κ3) is 2.47. The lowest BCUT2D eigenvalue weighted by atomic mass is 10.0. The molecule has 2 aromatic carbocycles. The van der Waals surface area contributed by atoms with Gasteiger partial charge >= 0.3 is 0 Å². The van der Waals surface area contributed by atoms with Crippen LogP contribution in [-0.4, -0.2) is 11.3 Å².